The van der Waals surface area contributed by atoms with E-state index in [2.05, 4.69) is 21.2 Å². The number of hydrogen-bond donors (Lipinski definition) is 2. The highest BCUT2D eigenvalue weighted by atomic mass is 79.9. The van der Waals surface area contributed by atoms with Crippen molar-refractivity contribution in [2.45, 2.75) is 6.42 Å². The van der Waals surface area contributed by atoms with E-state index in [0.717, 1.165) is 0 Å². The van der Waals surface area contributed by atoms with Crippen LogP contribution in [0.4, 0.5) is 0 Å². The Morgan fingerprint density at radius 3 is 2.72 bits per heavy atom. The summed E-state index contributed by atoms with van der Waals surface area (Å²) < 4.78 is 0.711. The summed E-state index contributed by atoms with van der Waals surface area (Å²) in [5.74, 6) is -0.527. The summed E-state index contributed by atoms with van der Waals surface area (Å²) in [6, 6.07) is 4.65. The molecule has 0 saturated carbocycles. The van der Waals surface area contributed by atoms with E-state index in [1.54, 1.807) is 26.2 Å². The molecule has 0 unspecified atom stereocenters. The van der Waals surface area contributed by atoms with Gasteiger partial charge in [0.2, 0.25) is 5.91 Å². The van der Waals surface area contributed by atoms with Gasteiger partial charge in [-0.15, -0.1) is 0 Å². The standard InChI is InChI=1S/C12H15BrN2O3/c1-14-11(17)5-6-15(2)12(18)9-7-8(13)3-4-10(9)16/h3-4,7,16H,5-6H2,1-2H3,(H,14,17). The number of rotatable bonds is 4. The SMILES string of the molecule is CNC(=O)CCN(C)C(=O)c1cc(Br)ccc1O. The Morgan fingerprint density at radius 1 is 1.44 bits per heavy atom. The highest BCUT2D eigenvalue weighted by Gasteiger charge is 2.16. The van der Waals surface area contributed by atoms with Gasteiger partial charge in [-0.2, -0.15) is 0 Å². The van der Waals surface area contributed by atoms with Gasteiger partial charge in [0, 0.05) is 31.5 Å². The van der Waals surface area contributed by atoms with Crippen LogP contribution in [0.25, 0.3) is 0 Å². The van der Waals surface area contributed by atoms with Crippen molar-refractivity contribution < 1.29 is 14.7 Å². The molecular weight excluding hydrogens is 300 g/mol. The van der Waals surface area contributed by atoms with E-state index in [0.29, 0.717) is 11.0 Å². The summed E-state index contributed by atoms with van der Waals surface area (Å²) in [6.45, 7) is 0.296. The highest BCUT2D eigenvalue weighted by Crippen LogP contribution is 2.22. The molecule has 0 atom stereocenters. The van der Waals surface area contributed by atoms with Crippen molar-refractivity contribution in [3.63, 3.8) is 0 Å². The lowest BCUT2D eigenvalue weighted by molar-refractivity contribution is -0.120. The molecule has 0 aliphatic heterocycles. The molecule has 5 nitrogen and oxygen atoms in total. The number of amides is 2. The molecule has 0 heterocycles. The molecule has 1 aromatic rings. The first-order valence-corrected chi connectivity index (χ1v) is 6.19. The molecule has 0 aromatic heterocycles. The summed E-state index contributed by atoms with van der Waals surface area (Å²) in [5, 5.41) is 12.1. The number of carbonyl (C=O) groups is 2. The number of halogens is 1. The minimum absolute atomic E-state index is 0.0741. The van der Waals surface area contributed by atoms with Crippen LogP contribution < -0.4 is 5.32 Å². The van der Waals surface area contributed by atoms with Crippen LogP contribution in [0.2, 0.25) is 0 Å². The molecule has 0 spiro atoms. The second kappa shape index (κ2) is 6.39. The van der Waals surface area contributed by atoms with Crippen molar-refractivity contribution in [2.75, 3.05) is 20.6 Å². The zero-order valence-corrected chi connectivity index (χ0v) is 11.8. The molecule has 1 rings (SSSR count). The van der Waals surface area contributed by atoms with Crippen LogP contribution in [-0.4, -0.2) is 42.5 Å². The van der Waals surface area contributed by atoms with Gasteiger partial charge >= 0.3 is 0 Å². The fourth-order valence-electron chi connectivity index (χ4n) is 1.38. The van der Waals surface area contributed by atoms with Crippen molar-refractivity contribution in [2.24, 2.45) is 0 Å². The molecule has 18 heavy (non-hydrogen) atoms. The molecule has 2 amide bonds. The van der Waals surface area contributed by atoms with Gasteiger partial charge in [-0.25, -0.2) is 0 Å². The first-order chi connectivity index (χ1) is 8.45. The van der Waals surface area contributed by atoms with Crippen LogP contribution in [-0.2, 0) is 4.79 Å². The predicted octanol–water partition coefficient (Wildman–Crippen LogP) is 1.36. The van der Waals surface area contributed by atoms with Crippen LogP contribution in [0.1, 0.15) is 16.8 Å². The molecule has 0 bridgehead atoms. The fourth-order valence-corrected chi connectivity index (χ4v) is 1.74. The minimum atomic E-state index is -0.322. The van der Waals surface area contributed by atoms with Gasteiger partial charge in [0.05, 0.1) is 5.56 Å². The van der Waals surface area contributed by atoms with Gasteiger partial charge in [0.15, 0.2) is 0 Å². The fraction of sp³-hybridized carbons (Fsp3) is 0.333. The molecule has 1 aromatic carbocycles. The summed E-state index contributed by atoms with van der Waals surface area (Å²) in [5.41, 5.74) is 0.212. The topological polar surface area (TPSA) is 69.6 Å². The Balaban J connectivity index is 2.74. The molecule has 98 valence electrons. The maximum atomic E-state index is 12.0. The number of carbonyl (C=O) groups excluding carboxylic acids is 2. The van der Waals surface area contributed by atoms with Crippen molar-refractivity contribution in [3.05, 3.63) is 28.2 Å². The van der Waals surface area contributed by atoms with E-state index in [1.165, 1.54) is 11.0 Å². The molecule has 6 heteroatoms. The number of aromatic hydroxyl groups is 1. The van der Waals surface area contributed by atoms with E-state index in [-0.39, 0.29) is 29.5 Å². The van der Waals surface area contributed by atoms with Gasteiger partial charge in [-0.3, -0.25) is 9.59 Å². The number of benzene rings is 1. The molecule has 0 fully saturated rings. The first-order valence-electron chi connectivity index (χ1n) is 5.40. The molecule has 0 saturated heterocycles. The third-order valence-corrected chi connectivity index (χ3v) is 2.98. The van der Waals surface area contributed by atoms with Crippen molar-refractivity contribution >= 4 is 27.7 Å². The summed E-state index contributed by atoms with van der Waals surface area (Å²) in [6.07, 6.45) is 0.230. The summed E-state index contributed by atoms with van der Waals surface area (Å²) in [4.78, 5) is 24.5. The molecular formula is C12H15BrN2O3. The smallest absolute Gasteiger partial charge is 0.257 e. The Hall–Kier alpha value is -1.56. The van der Waals surface area contributed by atoms with Crippen molar-refractivity contribution in [1.29, 1.82) is 0 Å². The average Bonchev–Trinajstić information content (AvgIpc) is 2.37. The predicted molar refractivity (Wildman–Crippen MR) is 71.5 cm³/mol. The highest BCUT2D eigenvalue weighted by molar-refractivity contribution is 9.10. The second-order valence-electron chi connectivity index (χ2n) is 3.81. The number of nitrogens with zero attached hydrogens (tertiary/aromatic N) is 1. The van der Waals surface area contributed by atoms with Crippen LogP contribution in [0, 0.1) is 0 Å². The van der Waals surface area contributed by atoms with E-state index in [1.807, 2.05) is 0 Å². The van der Waals surface area contributed by atoms with E-state index < -0.39 is 0 Å². The lowest BCUT2D eigenvalue weighted by Gasteiger charge is -2.17. The number of phenols is 1. The quantitative estimate of drug-likeness (QED) is 0.881. The van der Waals surface area contributed by atoms with E-state index in [4.69, 9.17) is 0 Å². The van der Waals surface area contributed by atoms with Gasteiger partial charge in [0.1, 0.15) is 5.75 Å². The Kier molecular flexibility index (Phi) is 5.15. The van der Waals surface area contributed by atoms with Crippen LogP contribution in [0.5, 0.6) is 5.75 Å². The number of nitrogens with one attached hydrogen (secondary N) is 1. The van der Waals surface area contributed by atoms with Gasteiger partial charge in [-0.05, 0) is 18.2 Å². The summed E-state index contributed by atoms with van der Waals surface area (Å²) in [7, 11) is 3.13. The second-order valence-corrected chi connectivity index (χ2v) is 4.73. The maximum Gasteiger partial charge on any atom is 0.257 e. The molecule has 0 aliphatic carbocycles. The van der Waals surface area contributed by atoms with Crippen LogP contribution >= 0.6 is 15.9 Å². The number of phenolic OH excluding ortho intramolecular Hbond substituents is 1. The Labute approximate surface area is 114 Å². The molecule has 0 radical (unpaired) electrons. The van der Waals surface area contributed by atoms with Gasteiger partial charge in [-0.1, -0.05) is 15.9 Å². The monoisotopic (exact) mass is 314 g/mol. The maximum absolute atomic E-state index is 12.0. The third kappa shape index (κ3) is 3.73. The zero-order valence-electron chi connectivity index (χ0n) is 10.2. The first kappa shape index (κ1) is 14.5. The molecule has 2 N–H and O–H groups in total. The van der Waals surface area contributed by atoms with Gasteiger partial charge in [0.25, 0.3) is 5.91 Å². The largest absolute Gasteiger partial charge is 0.507 e. The lowest BCUT2D eigenvalue weighted by Crippen LogP contribution is -2.31. The normalized spacial score (nSPS) is 9.94. The molecule has 0 aliphatic rings. The van der Waals surface area contributed by atoms with Crippen LogP contribution in [0.15, 0.2) is 22.7 Å². The Bertz CT molecular complexity index is 463. The summed E-state index contributed by atoms with van der Waals surface area (Å²) >= 11 is 3.24. The van der Waals surface area contributed by atoms with Gasteiger partial charge < -0.3 is 15.3 Å². The van der Waals surface area contributed by atoms with Crippen LogP contribution in [0.3, 0.4) is 0 Å². The van der Waals surface area contributed by atoms with E-state index in [9.17, 15) is 14.7 Å². The Morgan fingerprint density at radius 2 is 2.11 bits per heavy atom. The van der Waals surface area contributed by atoms with E-state index >= 15 is 0 Å². The lowest BCUT2D eigenvalue weighted by atomic mass is 10.1. The minimum Gasteiger partial charge on any atom is -0.507 e. The zero-order chi connectivity index (χ0) is 13.7. The third-order valence-electron chi connectivity index (χ3n) is 2.49. The number of hydrogen-bond acceptors (Lipinski definition) is 3. The van der Waals surface area contributed by atoms with Crippen molar-refractivity contribution in [1.82, 2.24) is 10.2 Å². The van der Waals surface area contributed by atoms with Crippen molar-refractivity contribution in [3.8, 4) is 5.75 Å². The average molecular weight is 315 g/mol.